The molecule has 0 unspecified atom stereocenters. The highest BCUT2D eigenvalue weighted by Crippen LogP contribution is 2.26. The van der Waals surface area contributed by atoms with Gasteiger partial charge >= 0.3 is 0 Å². The standard InChI is InChI=1S/C16H20FN5O3S3/c1-2-18-15-19-20-16(27-15)26-11-14(23)21-6-8-22(9-7-21)28(24,25)13-5-3-4-12(17)10-13/h3-5,10H,2,6-9,11H2,1H3,(H,18,19). The predicted molar refractivity (Wildman–Crippen MR) is 107 cm³/mol. The molecule has 28 heavy (non-hydrogen) atoms. The number of thioether (sulfide) groups is 1. The van der Waals surface area contributed by atoms with Crippen LogP contribution in [-0.2, 0) is 14.8 Å². The lowest BCUT2D eigenvalue weighted by atomic mass is 10.3. The largest absolute Gasteiger partial charge is 0.360 e. The van der Waals surface area contributed by atoms with Crippen molar-refractivity contribution < 1.29 is 17.6 Å². The van der Waals surface area contributed by atoms with Gasteiger partial charge in [-0.2, -0.15) is 4.31 Å². The maximum atomic E-state index is 13.4. The van der Waals surface area contributed by atoms with E-state index in [1.165, 1.54) is 45.6 Å². The third kappa shape index (κ3) is 4.99. The number of hydrogen-bond acceptors (Lipinski definition) is 8. The van der Waals surface area contributed by atoms with Gasteiger partial charge in [-0.3, -0.25) is 4.79 Å². The highest BCUT2D eigenvalue weighted by atomic mass is 32.2. The number of halogens is 1. The highest BCUT2D eigenvalue weighted by molar-refractivity contribution is 8.01. The summed E-state index contributed by atoms with van der Waals surface area (Å²) >= 11 is 2.70. The van der Waals surface area contributed by atoms with Crippen LogP contribution in [0.5, 0.6) is 0 Å². The van der Waals surface area contributed by atoms with Crippen LogP contribution in [0.25, 0.3) is 0 Å². The molecular formula is C16H20FN5O3S3. The molecule has 2 aromatic rings. The molecule has 0 saturated carbocycles. The molecule has 0 atom stereocenters. The van der Waals surface area contributed by atoms with Gasteiger partial charge in [0.2, 0.25) is 21.1 Å². The quantitative estimate of drug-likeness (QED) is 0.649. The maximum absolute atomic E-state index is 13.4. The summed E-state index contributed by atoms with van der Waals surface area (Å²) in [5, 5.41) is 11.8. The summed E-state index contributed by atoms with van der Waals surface area (Å²) < 4.78 is 40.6. The van der Waals surface area contributed by atoms with Gasteiger partial charge in [0, 0.05) is 32.7 Å². The number of anilines is 1. The Hall–Kier alpha value is -1.76. The molecule has 3 rings (SSSR count). The third-order valence-corrected chi connectivity index (χ3v) is 7.97. The van der Waals surface area contributed by atoms with Gasteiger partial charge in [-0.05, 0) is 25.1 Å². The van der Waals surface area contributed by atoms with Gasteiger partial charge in [-0.15, -0.1) is 10.2 Å². The van der Waals surface area contributed by atoms with Gasteiger partial charge in [0.15, 0.2) is 4.34 Å². The Kier molecular flexibility index (Phi) is 6.86. The second-order valence-corrected chi connectivity index (χ2v) is 10.1. The average molecular weight is 446 g/mol. The summed E-state index contributed by atoms with van der Waals surface area (Å²) in [7, 11) is -3.77. The minimum atomic E-state index is -3.77. The summed E-state index contributed by atoms with van der Waals surface area (Å²) in [6.07, 6.45) is 0. The van der Waals surface area contributed by atoms with Crippen LogP contribution in [0.3, 0.4) is 0 Å². The number of sulfonamides is 1. The molecule has 1 aliphatic rings. The van der Waals surface area contributed by atoms with E-state index in [1.54, 1.807) is 4.90 Å². The van der Waals surface area contributed by atoms with Gasteiger partial charge in [0.25, 0.3) is 0 Å². The third-order valence-electron chi connectivity index (χ3n) is 4.08. The minimum Gasteiger partial charge on any atom is -0.360 e. The Morgan fingerprint density at radius 1 is 1.29 bits per heavy atom. The number of rotatable bonds is 7. The van der Waals surface area contributed by atoms with Crippen LogP contribution in [0.4, 0.5) is 9.52 Å². The Morgan fingerprint density at radius 3 is 2.71 bits per heavy atom. The molecule has 1 aromatic carbocycles. The molecule has 1 saturated heterocycles. The van der Waals surface area contributed by atoms with Crippen LogP contribution in [0.1, 0.15) is 6.92 Å². The fourth-order valence-electron chi connectivity index (χ4n) is 2.66. The van der Waals surface area contributed by atoms with E-state index in [2.05, 4.69) is 15.5 Å². The van der Waals surface area contributed by atoms with E-state index >= 15 is 0 Å². The monoisotopic (exact) mass is 445 g/mol. The first-order valence-corrected chi connectivity index (χ1v) is 11.9. The van der Waals surface area contributed by atoms with Crippen LogP contribution in [-0.4, -0.2) is 72.2 Å². The summed E-state index contributed by atoms with van der Waals surface area (Å²) in [5.41, 5.74) is 0. The molecule has 0 aliphatic carbocycles. The number of piperazine rings is 1. The maximum Gasteiger partial charge on any atom is 0.243 e. The summed E-state index contributed by atoms with van der Waals surface area (Å²) in [6.45, 7) is 3.67. The number of carbonyl (C=O) groups is 1. The summed E-state index contributed by atoms with van der Waals surface area (Å²) in [6, 6.07) is 4.95. The molecule has 1 aliphatic heterocycles. The van der Waals surface area contributed by atoms with E-state index in [-0.39, 0.29) is 29.6 Å². The molecule has 1 N–H and O–H groups in total. The molecule has 1 aromatic heterocycles. The van der Waals surface area contributed by atoms with Crippen LogP contribution in [0.2, 0.25) is 0 Å². The van der Waals surface area contributed by atoms with Crippen LogP contribution >= 0.6 is 23.1 Å². The summed E-state index contributed by atoms with van der Waals surface area (Å²) in [5.74, 6) is -0.453. The lowest BCUT2D eigenvalue weighted by Crippen LogP contribution is -2.50. The average Bonchev–Trinajstić information content (AvgIpc) is 3.14. The number of amides is 1. The van der Waals surface area contributed by atoms with E-state index in [0.717, 1.165) is 12.6 Å². The van der Waals surface area contributed by atoms with Crippen molar-refractivity contribution >= 4 is 44.2 Å². The number of aromatic nitrogens is 2. The van der Waals surface area contributed by atoms with Crippen molar-refractivity contribution in [1.82, 2.24) is 19.4 Å². The lowest BCUT2D eigenvalue weighted by molar-refractivity contribution is -0.129. The molecule has 152 valence electrons. The number of benzene rings is 1. The van der Waals surface area contributed by atoms with Crippen molar-refractivity contribution in [2.45, 2.75) is 16.2 Å². The lowest BCUT2D eigenvalue weighted by Gasteiger charge is -2.34. The number of carbonyl (C=O) groups excluding carboxylic acids is 1. The molecule has 1 fully saturated rings. The SMILES string of the molecule is CCNc1nnc(SCC(=O)N2CCN(S(=O)(=O)c3cccc(F)c3)CC2)s1. The van der Waals surface area contributed by atoms with E-state index < -0.39 is 15.8 Å². The number of nitrogens with zero attached hydrogens (tertiary/aromatic N) is 4. The van der Waals surface area contributed by atoms with Crippen molar-refractivity contribution in [2.24, 2.45) is 0 Å². The van der Waals surface area contributed by atoms with Crippen molar-refractivity contribution in [2.75, 3.05) is 43.8 Å². The normalized spacial score (nSPS) is 15.6. The molecule has 1 amide bonds. The first-order valence-electron chi connectivity index (χ1n) is 8.64. The van der Waals surface area contributed by atoms with Crippen LogP contribution < -0.4 is 5.32 Å². The Morgan fingerprint density at radius 2 is 2.04 bits per heavy atom. The van der Waals surface area contributed by atoms with Crippen molar-refractivity contribution in [1.29, 1.82) is 0 Å². The van der Waals surface area contributed by atoms with E-state index in [1.807, 2.05) is 6.92 Å². The molecule has 0 bridgehead atoms. The molecule has 0 radical (unpaired) electrons. The molecule has 8 nitrogen and oxygen atoms in total. The highest BCUT2D eigenvalue weighted by Gasteiger charge is 2.30. The fraction of sp³-hybridized carbons (Fsp3) is 0.438. The first kappa shape index (κ1) is 21.0. The topological polar surface area (TPSA) is 95.5 Å². The zero-order valence-electron chi connectivity index (χ0n) is 15.2. The minimum absolute atomic E-state index is 0.0735. The van der Waals surface area contributed by atoms with Gasteiger partial charge in [-0.25, -0.2) is 12.8 Å². The van der Waals surface area contributed by atoms with Crippen molar-refractivity contribution in [3.8, 4) is 0 Å². The van der Waals surface area contributed by atoms with E-state index in [0.29, 0.717) is 22.6 Å². The Bertz CT molecular complexity index is 929. The summed E-state index contributed by atoms with van der Waals surface area (Å²) in [4.78, 5) is 14.0. The van der Waals surface area contributed by atoms with Crippen molar-refractivity contribution in [3.05, 3.63) is 30.1 Å². The predicted octanol–water partition coefficient (Wildman–Crippen LogP) is 1.73. The Labute approximate surface area is 171 Å². The number of nitrogens with one attached hydrogen (secondary N) is 1. The smallest absolute Gasteiger partial charge is 0.243 e. The van der Waals surface area contributed by atoms with Gasteiger partial charge in [0.1, 0.15) is 5.82 Å². The van der Waals surface area contributed by atoms with Crippen molar-refractivity contribution in [3.63, 3.8) is 0 Å². The van der Waals surface area contributed by atoms with Gasteiger partial charge in [-0.1, -0.05) is 29.2 Å². The molecule has 12 heteroatoms. The molecule has 0 spiro atoms. The van der Waals surface area contributed by atoms with E-state index in [9.17, 15) is 17.6 Å². The fourth-order valence-corrected chi connectivity index (χ4v) is 5.84. The van der Waals surface area contributed by atoms with Gasteiger partial charge < -0.3 is 10.2 Å². The second kappa shape index (κ2) is 9.16. The zero-order valence-corrected chi connectivity index (χ0v) is 17.6. The molecular weight excluding hydrogens is 425 g/mol. The van der Waals surface area contributed by atoms with E-state index in [4.69, 9.17) is 0 Å². The molecule has 2 heterocycles. The van der Waals surface area contributed by atoms with Gasteiger partial charge in [0.05, 0.1) is 10.6 Å². The van der Waals surface area contributed by atoms with Crippen LogP contribution in [0, 0.1) is 5.82 Å². The second-order valence-electron chi connectivity index (χ2n) is 5.93. The number of hydrogen-bond donors (Lipinski definition) is 1. The zero-order chi connectivity index (χ0) is 20.1. The Balaban J connectivity index is 1.52. The first-order chi connectivity index (χ1) is 13.4. The van der Waals surface area contributed by atoms with Crippen LogP contribution in [0.15, 0.2) is 33.5 Å².